The summed E-state index contributed by atoms with van der Waals surface area (Å²) in [6.45, 7) is 2.03. The van der Waals surface area contributed by atoms with Crippen LogP contribution in [0.15, 0.2) is 16.6 Å². The van der Waals surface area contributed by atoms with E-state index < -0.39 is 28.6 Å². The van der Waals surface area contributed by atoms with E-state index in [9.17, 15) is 18.7 Å². The molecule has 5 heteroatoms. The van der Waals surface area contributed by atoms with Gasteiger partial charge in [0.2, 0.25) is 0 Å². The number of carbonyl (C=O) groups excluding carboxylic acids is 1. The van der Waals surface area contributed by atoms with Crippen LogP contribution in [0.5, 0.6) is 0 Å². The fourth-order valence-electron chi connectivity index (χ4n) is 2.43. The summed E-state index contributed by atoms with van der Waals surface area (Å²) in [6.07, 6.45) is 1.86. The van der Waals surface area contributed by atoms with E-state index in [-0.39, 0.29) is 17.3 Å². The smallest absolute Gasteiger partial charge is 0.200 e. The highest BCUT2D eigenvalue weighted by molar-refractivity contribution is 9.10. The minimum Gasteiger partial charge on any atom is -0.382 e. The molecule has 1 aromatic rings. The van der Waals surface area contributed by atoms with E-state index in [4.69, 9.17) is 0 Å². The van der Waals surface area contributed by atoms with Gasteiger partial charge >= 0.3 is 0 Å². The number of Topliss-reactive ketones (excluding diaryl/α,β-unsaturated/α-hetero) is 1. The van der Waals surface area contributed by atoms with Gasteiger partial charge in [0.05, 0.1) is 10.0 Å². The first kappa shape index (κ1) is 14.6. The van der Waals surface area contributed by atoms with Crippen molar-refractivity contribution in [3.8, 4) is 0 Å². The fraction of sp³-hybridized carbons (Fsp3) is 0.500. The monoisotopic (exact) mass is 332 g/mol. The summed E-state index contributed by atoms with van der Waals surface area (Å²) in [4.78, 5) is 12.3. The molecule has 104 valence electrons. The van der Waals surface area contributed by atoms with E-state index in [1.54, 1.807) is 0 Å². The second kappa shape index (κ2) is 5.29. The molecule has 0 aliphatic heterocycles. The van der Waals surface area contributed by atoms with E-state index >= 15 is 0 Å². The number of aliphatic hydroxyl groups is 1. The van der Waals surface area contributed by atoms with Gasteiger partial charge in [-0.2, -0.15) is 0 Å². The Labute approximate surface area is 118 Å². The summed E-state index contributed by atoms with van der Waals surface area (Å²) < 4.78 is 27.6. The van der Waals surface area contributed by atoms with E-state index in [2.05, 4.69) is 15.9 Å². The van der Waals surface area contributed by atoms with Crippen LogP contribution < -0.4 is 0 Å². The van der Waals surface area contributed by atoms with Crippen LogP contribution in [0, 0.1) is 17.6 Å². The van der Waals surface area contributed by atoms with Gasteiger partial charge in [0.25, 0.3) is 0 Å². The number of hydrogen-bond donors (Lipinski definition) is 1. The van der Waals surface area contributed by atoms with Crippen molar-refractivity contribution >= 4 is 21.7 Å². The molecule has 2 rings (SSSR count). The lowest BCUT2D eigenvalue weighted by Crippen LogP contribution is -2.42. The molecule has 1 aliphatic rings. The van der Waals surface area contributed by atoms with Gasteiger partial charge < -0.3 is 5.11 Å². The Kier molecular flexibility index (Phi) is 4.06. The van der Waals surface area contributed by atoms with Crippen LogP contribution >= 0.6 is 15.9 Å². The molecule has 0 spiro atoms. The predicted octanol–water partition coefficient (Wildman–Crippen LogP) is 3.85. The zero-order valence-electron chi connectivity index (χ0n) is 10.5. The third kappa shape index (κ3) is 2.72. The SMILES string of the molecule is CC1CCC(O)(C(=O)c2c(F)ccc(Br)c2F)CC1. The minimum absolute atomic E-state index is 0.0185. The van der Waals surface area contributed by atoms with Gasteiger partial charge in [-0.25, -0.2) is 8.78 Å². The first-order valence-corrected chi connectivity index (χ1v) is 7.05. The summed E-state index contributed by atoms with van der Waals surface area (Å²) in [5.74, 6) is -2.31. The second-order valence-corrected chi connectivity index (χ2v) is 6.12. The summed E-state index contributed by atoms with van der Waals surface area (Å²) in [6, 6.07) is 2.23. The maximum atomic E-state index is 13.9. The quantitative estimate of drug-likeness (QED) is 0.659. The van der Waals surface area contributed by atoms with Crippen molar-refractivity contribution in [2.75, 3.05) is 0 Å². The molecular formula is C14H15BrF2O2. The molecule has 0 saturated heterocycles. The van der Waals surface area contributed by atoms with E-state index in [1.165, 1.54) is 6.07 Å². The Morgan fingerprint density at radius 1 is 1.37 bits per heavy atom. The first-order chi connectivity index (χ1) is 8.85. The average Bonchev–Trinajstić information content (AvgIpc) is 2.38. The highest BCUT2D eigenvalue weighted by Crippen LogP contribution is 2.36. The largest absolute Gasteiger partial charge is 0.382 e. The fourth-order valence-corrected chi connectivity index (χ4v) is 2.77. The van der Waals surface area contributed by atoms with Crippen molar-refractivity contribution in [2.24, 2.45) is 5.92 Å². The maximum Gasteiger partial charge on any atom is 0.200 e. The topological polar surface area (TPSA) is 37.3 Å². The van der Waals surface area contributed by atoms with Crippen LogP contribution in [0.4, 0.5) is 8.78 Å². The standard InChI is InChI=1S/C14H15BrF2O2/c1-8-4-6-14(19,7-5-8)13(18)11-10(16)3-2-9(15)12(11)17/h2-3,8,19H,4-7H2,1H3. The normalized spacial score (nSPS) is 27.3. The zero-order valence-corrected chi connectivity index (χ0v) is 12.1. The van der Waals surface area contributed by atoms with Crippen LogP contribution in [0.1, 0.15) is 43.0 Å². The van der Waals surface area contributed by atoms with Gasteiger partial charge in [-0.1, -0.05) is 6.92 Å². The highest BCUT2D eigenvalue weighted by atomic mass is 79.9. The number of benzene rings is 1. The van der Waals surface area contributed by atoms with Gasteiger partial charge in [-0.3, -0.25) is 4.79 Å². The Morgan fingerprint density at radius 2 is 1.95 bits per heavy atom. The Hall–Kier alpha value is -0.810. The number of hydrogen-bond acceptors (Lipinski definition) is 2. The lowest BCUT2D eigenvalue weighted by atomic mass is 9.75. The van der Waals surface area contributed by atoms with Crippen LogP contribution in [0.2, 0.25) is 0 Å². The van der Waals surface area contributed by atoms with Gasteiger partial charge in [-0.15, -0.1) is 0 Å². The molecule has 0 aromatic heterocycles. The summed E-state index contributed by atoms with van der Waals surface area (Å²) in [5, 5.41) is 10.4. The minimum atomic E-state index is -1.64. The molecule has 0 atom stereocenters. The number of carbonyl (C=O) groups is 1. The van der Waals surface area contributed by atoms with Gasteiger partial charge in [0, 0.05) is 0 Å². The molecule has 1 aromatic carbocycles. The first-order valence-electron chi connectivity index (χ1n) is 6.26. The Bertz CT molecular complexity index is 508. The molecule has 1 fully saturated rings. The number of ketones is 1. The molecule has 19 heavy (non-hydrogen) atoms. The van der Waals surface area contributed by atoms with Crippen LogP contribution in [-0.2, 0) is 0 Å². The summed E-state index contributed by atoms with van der Waals surface area (Å²) in [5.41, 5.74) is -2.29. The molecule has 1 aliphatic carbocycles. The molecular weight excluding hydrogens is 318 g/mol. The lowest BCUT2D eigenvalue weighted by Gasteiger charge is -2.33. The van der Waals surface area contributed by atoms with Crippen LogP contribution in [0.3, 0.4) is 0 Å². The van der Waals surface area contributed by atoms with Crippen molar-refractivity contribution in [1.29, 1.82) is 0 Å². The van der Waals surface area contributed by atoms with E-state index in [1.807, 2.05) is 6.92 Å². The number of rotatable bonds is 2. The Morgan fingerprint density at radius 3 is 2.53 bits per heavy atom. The van der Waals surface area contributed by atoms with Crippen molar-refractivity contribution in [3.63, 3.8) is 0 Å². The highest BCUT2D eigenvalue weighted by Gasteiger charge is 2.41. The molecule has 0 heterocycles. The van der Waals surface area contributed by atoms with Crippen molar-refractivity contribution in [2.45, 2.75) is 38.2 Å². The van der Waals surface area contributed by atoms with Gasteiger partial charge in [0.1, 0.15) is 11.4 Å². The molecule has 0 amide bonds. The van der Waals surface area contributed by atoms with Gasteiger partial charge in [0.15, 0.2) is 11.6 Å². The van der Waals surface area contributed by atoms with Crippen molar-refractivity contribution in [1.82, 2.24) is 0 Å². The molecule has 2 nitrogen and oxygen atoms in total. The summed E-state index contributed by atoms with van der Waals surface area (Å²) >= 11 is 2.92. The third-order valence-electron chi connectivity index (χ3n) is 3.80. The predicted molar refractivity (Wildman–Crippen MR) is 71.0 cm³/mol. The van der Waals surface area contributed by atoms with E-state index in [0.717, 1.165) is 6.07 Å². The summed E-state index contributed by atoms with van der Waals surface area (Å²) in [7, 11) is 0. The van der Waals surface area contributed by atoms with Gasteiger partial charge in [-0.05, 0) is 59.7 Å². The van der Waals surface area contributed by atoms with Crippen LogP contribution in [0.25, 0.3) is 0 Å². The second-order valence-electron chi connectivity index (χ2n) is 5.26. The third-order valence-corrected chi connectivity index (χ3v) is 4.41. The molecule has 0 bridgehead atoms. The maximum absolute atomic E-state index is 13.9. The van der Waals surface area contributed by atoms with Crippen molar-refractivity contribution in [3.05, 3.63) is 33.8 Å². The van der Waals surface area contributed by atoms with Crippen molar-refractivity contribution < 1.29 is 18.7 Å². The van der Waals surface area contributed by atoms with E-state index in [0.29, 0.717) is 18.8 Å². The van der Waals surface area contributed by atoms with Crippen LogP contribution in [-0.4, -0.2) is 16.5 Å². The Balaban J connectivity index is 2.37. The number of halogens is 3. The molecule has 1 saturated carbocycles. The lowest BCUT2D eigenvalue weighted by molar-refractivity contribution is 0.00354. The average molecular weight is 333 g/mol. The molecule has 1 N–H and O–H groups in total. The molecule has 0 radical (unpaired) electrons. The molecule has 0 unspecified atom stereocenters. The zero-order chi connectivity index (χ0) is 14.2.